The number of hydrogen-bond acceptors (Lipinski definition) is 7. The van der Waals surface area contributed by atoms with Crippen molar-refractivity contribution in [3.05, 3.63) is 90.5 Å². The molecule has 0 bridgehead atoms. The van der Waals surface area contributed by atoms with E-state index in [1.54, 1.807) is 12.1 Å². The highest BCUT2D eigenvalue weighted by molar-refractivity contribution is 5.99. The van der Waals surface area contributed by atoms with Crippen molar-refractivity contribution in [3.63, 3.8) is 0 Å². The number of likely N-dealkylation sites (tertiary alicyclic amines) is 1. The predicted molar refractivity (Wildman–Crippen MR) is 185 cm³/mol. The van der Waals surface area contributed by atoms with E-state index < -0.39 is 0 Å². The van der Waals surface area contributed by atoms with Gasteiger partial charge in [-0.3, -0.25) is 19.6 Å². The van der Waals surface area contributed by atoms with Crippen LogP contribution in [0.2, 0.25) is 0 Å². The second-order valence-corrected chi connectivity index (χ2v) is 13.1. The molecule has 0 radical (unpaired) electrons. The van der Waals surface area contributed by atoms with Crippen LogP contribution in [0.5, 0.6) is 0 Å². The van der Waals surface area contributed by atoms with Crippen LogP contribution in [0, 0.1) is 18.7 Å². The lowest BCUT2D eigenvalue weighted by molar-refractivity contribution is -0.135. The van der Waals surface area contributed by atoms with Gasteiger partial charge in [-0.15, -0.1) is 0 Å². The van der Waals surface area contributed by atoms with Gasteiger partial charge in [0.2, 0.25) is 11.8 Å². The molecule has 0 spiro atoms. The van der Waals surface area contributed by atoms with Gasteiger partial charge in [-0.1, -0.05) is 0 Å². The fraction of sp³-hybridized carbons (Fsp3) is 0.324. The molecule has 246 valence electrons. The largest absolute Gasteiger partial charge is 0.365 e. The Balaban J connectivity index is 0.930. The summed E-state index contributed by atoms with van der Waals surface area (Å²) in [5, 5.41) is 11.3. The number of aryl methyl sites for hydroxylation is 1. The number of carbonyl (C=O) groups is 2. The molecule has 2 amide bonds. The molecule has 3 aromatic carbocycles. The van der Waals surface area contributed by atoms with Crippen LogP contribution < -0.4 is 10.2 Å². The second-order valence-electron chi connectivity index (χ2n) is 13.1. The number of hydrogen-bond donors (Lipinski definition) is 2. The first kappa shape index (κ1) is 31.4. The number of amides is 2. The SMILES string of the molecule is Cc1cnc(-c2ccc(N3C[C@@H](C)N(C(=O)CN4CCC(C(=O)Nc5ccc6[nH]nc(-c7ccc(F)cc7)c6c5)C4)C[C@@H]3C)cc2)nc1. The van der Waals surface area contributed by atoms with Crippen LogP contribution >= 0.6 is 0 Å². The molecule has 2 aliphatic heterocycles. The average Bonchev–Trinajstić information content (AvgIpc) is 3.74. The number of anilines is 2. The third kappa shape index (κ3) is 6.50. The summed E-state index contributed by atoms with van der Waals surface area (Å²) in [5.41, 5.74) is 6.10. The fourth-order valence-corrected chi connectivity index (χ4v) is 6.81. The summed E-state index contributed by atoms with van der Waals surface area (Å²) in [4.78, 5) is 42.1. The quantitative estimate of drug-likeness (QED) is 0.240. The summed E-state index contributed by atoms with van der Waals surface area (Å²) < 4.78 is 13.5. The molecule has 7 rings (SSSR count). The monoisotopic (exact) mass is 646 g/mol. The van der Waals surface area contributed by atoms with Gasteiger partial charge in [0.1, 0.15) is 5.82 Å². The maximum Gasteiger partial charge on any atom is 0.237 e. The van der Waals surface area contributed by atoms with Gasteiger partial charge >= 0.3 is 0 Å². The van der Waals surface area contributed by atoms with Crippen molar-refractivity contribution in [1.29, 1.82) is 0 Å². The van der Waals surface area contributed by atoms with Gasteiger partial charge in [-0.2, -0.15) is 5.10 Å². The van der Waals surface area contributed by atoms with Gasteiger partial charge in [0.25, 0.3) is 0 Å². The number of piperazine rings is 1. The van der Waals surface area contributed by atoms with E-state index in [1.165, 1.54) is 12.1 Å². The summed E-state index contributed by atoms with van der Waals surface area (Å²) in [5.74, 6) is 0.222. The average molecular weight is 647 g/mol. The molecule has 0 saturated carbocycles. The molecule has 4 heterocycles. The lowest BCUT2D eigenvalue weighted by atomic mass is 10.1. The Morgan fingerprint density at radius 1 is 0.917 bits per heavy atom. The number of carbonyl (C=O) groups excluding carboxylic acids is 2. The van der Waals surface area contributed by atoms with Crippen molar-refractivity contribution in [2.45, 2.75) is 39.3 Å². The normalized spacial score (nSPS) is 20.0. The molecular formula is C37H39FN8O2. The molecular weight excluding hydrogens is 607 g/mol. The van der Waals surface area contributed by atoms with Crippen molar-refractivity contribution in [2.24, 2.45) is 5.92 Å². The fourth-order valence-electron chi connectivity index (χ4n) is 6.81. The standard InChI is InChI=1S/C37H39FN8O2/c1-23-17-39-36(40-18-23)27-6-11-31(12-7-27)45-19-25(3)46(20-24(45)2)34(47)22-44-15-14-28(21-44)37(48)41-30-10-13-33-32(16-30)35(43-42-33)26-4-8-29(38)9-5-26/h4-13,16-18,24-25,28H,14-15,19-22H2,1-3H3,(H,41,48)(H,42,43)/t24-,25+,28?/m0/s1. The summed E-state index contributed by atoms with van der Waals surface area (Å²) in [6.45, 7) is 9.13. The van der Waals surface area contributed by atoms with Crippen molar-refractivity contribution >= 4 is 34.1 Å². The van der Waals surface area contributed by atoms with Gasteiger partial charge in [-0.25, -0.2) is 14.4 Å². The minimum absolute atomic E-state index is 0.0492. The zero-order valence-corrected chi connectivity index (χ0v) is 27.4. The van der Waals surface area contributed by atoms with E-state index in [-0.39, 0.29) is 35.6 Å². The van der Waals surface area contributed by atoms with Gasteiger partial charge in [0.05, 0.1) is 23.7 Å². The second kappa shape index (κ2) is 13.2. The molecule has 2 saturated heterocycles. The number of aromatic nitrogens is 4. The summed E-state index contributed by atoms with van der Waals surface area (Å²) in [6, 6.07) is 20.3. The number of nitrogens with zero attached hydrogens (tertiary/aromatic N) is 6. The predicted octanol–water partition coefficient (Wildman–Crippen LogP) is 5.52. The van der Waals surface area contributed by atoms with Crippen LogP contribution in [0.15, 0.2) is 79.1 Å². The van der Waals surface area contributed by atoms with Crippen molar-refractivity contribution in [1.82, 2.24) is 30.0 Å². The first-order valence-electron chi connectivity index (χ1n) is 16.4. The Morgan fingerprint density at radius 2 is 1.65 bits per heavy atom. The zero-order chi connectivity index (χ0) is 33.4. The molecule has 2 fully saturated rings. The molecule has 0 aliphatic carbocycles. The Hall–Kier alpha value is -5.16. The van der Waals surface area contributed by atoms with Gasteiger partial charge in [-0.05, 0) is 106 Å². The molecule has 10 nitrogen and oxygen atoms in total. The number of halogens is 1. The molecule has 3 atom stereocenters. The van der Waals surface area contributed by atoms with Crippen LogP contribution in [0.3, 0.4) is 0 Å². The lowest BCUT2D eigenvalue weighted by Gasteiger charge is -2.45. The molecule has 1 unspecified atom stereocenters. The first-order chi connectivity index (χ1) is 23.2. The Morgan fingerprint density at radius 3 is 2.40 bits per heavy atom. The lowest BCUT2D eigenvalue weighted by Crippen LogP contribution is -2.59. The van der Waals surface area contributed by atoms with Crippen molar-refractivity contribution < 1.29 is 14.0 Å². The van der Waals surface area contributed by atoms with E-state index in [1.807, 2.05) is 42.4 Å². The molecule has 2 N–H and O–H groups in total. The highest BCUT2D eigenvalue weighted by Crippen LogP contribution is 2.30. The van der Waals surface area contributed by atoms with E-state index in [4.69, 9.17) is 0 Å². The summed E-state index contributed by atoms with van der Waals surface area (Å²) >= 11 is 0. The number of nitrogens with one attached hydrogen (secondary N) is 2. The highest BCUT2D eigenvalue weighted by Gasteiger charge is 2.35. The minimum Gasteiger partial charge on any atom is -0.365 e. The Bertz CT molecular complexity index is 1930. The van der Waals surface area contributed by atoms with Gasteiger partial charge in [0.15, 0.2) is 5.82 Å². The molecule has 2 aliphatic rings. The van der Waals surface area contributed by atoms with E-state index in [0.717, 1.165) is 39.8 Å². The molecule has 48 heavy (non-hydrogen) atoms. The maximum absolute atomic E-state index is 13.5. The van der Waals surface area contributed by atoms with E-state index in [9.17, 15) is 14.0 Å². The molecule has 5 aromatic rings. The Kier molecular flexibility index (Phi) is 8.62. The molecule has 2 aromatic heterocycles. The number of H-pyrrole nitrogens is 1. The highest BCUT2D eigenvalue weighted by atomic mass is 19.1. The van der Waals surface area contributed by atoms with Crippen LogP contribution in [0.25, 0.3) is 33.5 Å². The minimum atomic E-state index is -0.307. The van der Waals surface area contributed by atoms with Crippen molar-refractivity contribution in [2.75, 3.05) is 42.9 Å². The van der Waals surface area contributed by atoms with Gasteiger partial charge < -0.3 is 15.1 Å². The van der Waals surface area contributed by atoms with Crippen LogP contribution in [0.1, 0.15) is 25.8 Å². The zero-order valence-electron chi connectivity index (χ0n) is 27.4. The topological polar surface area (TPSA) is 110 Å². The number of benzene rings is 3. The third-order valence-electron chi connectivity index (χ3n) is 9.49. The van der Waals surface area contributed by atoms with Crippen molar-refractivity contribution in [3.8, 4) is 22.6 Å². The van der Waals surface area contributed by atoms with Gasteiger partial charge in [0, 0.05) is 72.0 Å². The third-order valence-corrected chi connectivity index (χ3v) is 9.49. The first-order valence-corrected chi connectivity index (χ1v) is 16.4. The van der Waals surface area contributed by atoms with Crippen LogP contribution in [-0.4, -0.2) is 86.6 Å². The van der Waals surface area contributed by atoms with E-state index >= 15 is 0 Å². The van der Waals surface area contributed by atoms with Crippen LogP contribution in [0.4, 0.5) is 15.8 Å². The summed E-state index contributed by atoms with van der Waals surface area (Å²) in [6.07, 6.45) is 4.34. The molecule has 11 heteroatoms. The Labute approximate surface area is 279 Å². The number of fused-ring (bicyclic) bond motifs is 1. The van der Waals surface area contributed by atoms with E-state index in [0.29, 0.717) is 49.8 Å². The number of aromatic amines is 1. The summed E-state index contributed by atoms with van der Waals surface area (Å²) in [7, 11) is 0. The maximum atomic E-state index is 13.5. The van der Waals surface area contributed by atoms with E-state index in [2.05, 4.69) is 73.4 Å². The smallest absolute Gasteiger partial charge is 0.237 e. The number of rotatable bonds is 7. The van der Waals surface area contributed by atoms with Crippen LogP contribution in [-0.2, 0) is 9.59 Å².